The van der Waals surface area contributed by atoms with Crippen LogP contribution in [0.1, 0.15) is 38.7 Å². The van der Waals surface area contributed by atoms with Crippen molar-refractivity contribution in [3.63, 3.8) is 0 Å². The van der Waals surface area contributed by atoms with Gasteiger partial charge in [0.05, 0.1) is 11.8 Å². The highest BCUT2D eigenvalue weighted by Crippen LogP contribution is 2.42. The Morgan fingerprint density at radius 3 is 2.89 bits per heavy atom. The summed E-state index contributed by atoms with van der Waals surface area (Å²) in [7, 11) is 0. The van der Waals surface area contributed by atoms with E-state index >= 15 is 0 Å². The van der Waals surface area contributed by atoms with Crippen LogP contribution in [0.3, 0.4) is 0 Å². The second kappa shape index (κ2) is 5.33. The van der Waals surface area contributed by atoms with Crippen LogP contribution in [0.25, 0.3) is 0 Å². The Morgan fingerprint density at radius 1 is 1.50 bits per heavy atom. The molecular formula is C14H23N3O. The molecule has 0 bridgehead atoms. The summed E-state index contributed by atoms with van der Waals surface area (Å²) in [5, 5.41) is 3.57. The molecule has 0 spiro atoms. The summed E-state index contributed by atoms with van der Waals surface area (Å²) < 4.78 is 5.73. The van der Waals surface area contributed by atoms with Gasteiger partial charge in [-0.15, -0.1) is 0 Å². The molecule has 1 fully saturated rings. The topological polar surface area (TPSA) is 47.0 Å². The second-order valence-electron chi connectivity index (χ2n) is 5.53. The molecule has 18 heavy (non-hydrogen) atoms. The van der Waals surface area contributed by atoms with Gasteiger partial charge in [0.25, 0.3) is 0 Å². The molecule has 2 atom stereocenters. The van der Waals surface area contributed by atoms with Crippen molar-refractivity contribution in [1.29, 1.82) is 0 Å². The molecule has 2 rings (SSSR count). The van der Waals surface area contributed by atoms with Gasteiger partial charge in [-0.25, -0.2) is 9.97 Å². The van der Waals surface area contributed by atoms with Crippen molar-refractivity contribution in [2.24, 2.45) is 5.41 Å². The zero-order chi connectivity index (χ0) is 13.2. The number of ether oxygens (including phenoxy) is 1. The summed E-state index contributed by atoms with van der Waals surface area (Å²) in [5.41, 5.74) is 1.26. The summed E-state index contributed by atoms with van der Waals surface area (Å²) in [5.74, 6) is 0.828. The Hall–Kier alpha value is -1.00. The van der Waals surface area contributed by atoms with E-state index in [1.807, 2.05) is 19.2 Å². The molecule has 0 radical (unpaired) electrons. The molecular weight excluding hydrogens is 226 g/mol. The molecule has 1 heterocycles. The van der Waals surface area contributed by atoms with Gasteiger partial charge in [0.2, 0.25) is 0 Å². The van der Waals surface area contributed by atoms with Gasteiger partial charge in [0, 0.05) is 30.8 Å². The molecule has 2 unspecified atom stereocenters. The van der Waals surface area contributed by atoms with Gasteiger partial charge in [-0.1, -0.05) is 13.8 Å². The summed E-state index contributed by atoms with van der Waals surface area (Å²) in [6.07, 6.45) is 3.28. The van der Waals surface area contributed by atoms with Crippen molar-refractivity contribution in [1.82, 2.24) is 15.3 Å². The standard InChI is InChI=1S/C14H23N3O/c1-5-18-13-8-12(14(13,3)4)16-9-11-6-7-15-10(2)17-11/h6-7,12-13,16H,5,8-9H2,1-4H3. The van der Waals surface area contributed by atoms with E-state index in [-0.39, 0.29) is 5.41 Å². The molecule has 1 aromatic rings. The third kappa shape index (κ3) is 2.70. The van der Waals surface area contributed by atoms with Gasteiger partial charge in [0.15, 0.2) is 0 Å². The Bertz CT molecular complexity index is 406. The van der Waals surface area contributed by atoms with E-state index in [9.17, 15) is 0 Å². The van der Waals surface area contributed by atoms with Crippen molar-refractivity contribution in [3.05, 3.63) is 23.8 Å². The lowest BCUT2D eigenvalue weighted by molar-refractivity contribution is -0.114. The predicted molar refractivity (Wildman–Crippen MR) is 71.2 cm³/mol. The lowest BCUT2D eigenvalue weighted by Crippen LogP contribution is -2.60. The molecule has 0 aliphatic heterocycles. The van der Waals surface area contributed by atoms with Crippen molar-refractivity contribution < 1.29 is 4.74 Å². The molecule has 0 amide bonds. The number of aryl methyl sites for hydroxylation is 1. The summed E-state index contributed by atoms with van der Waals surface area (Å²) in [6, 6.07) is 2.47. The maximum atomic E-state index is 5.73. The van der Waals surface area contributed by atoms with Crippen LogP contribution in [-0.4, -0.2) is 28.7 Å². The average Bonchev–Trinajstić information content (AvgIpc) is 2.33. The Morgan fingerprint density at radius 2 is 2.28 bits per heavy atom. The van der Waals surface area contributed by atoms with E-state index < -0.39 is 0 Å². The Kier molecular flexibility index (Phi) is 3.97. The number of nitrogens with zero attached hydrogens (tertiary/aromatic N) is 2. The van der Waals surface area contributed by atoms with Crippen molar-refractivity contribution in [3.8, 4) is 0 Å². The minimum absolute atomic E-state index is 0.206. The molecule has 1 N–H and O–H groups in total. The highest BCUT2D eigenvalue weighted by atomic mass is 16.5. The van der Waals surface area contributed by atoms with Crippen molar-refractivity contribution in [2.75, 3.05) is 6.61 Å². The maximum Gasteiger partial charge on any atom is 0.125 e. The van der Waals surface area contributed by atoms with E-state index in [4.69, 9.17) is 4.74 Å². The monoisotopic (exact) mass is 249 g/mol. The smallest absolute Gasteiger partial charge is 0.125 e. The van der Waals surface area contributed by atoms with Crippen LogP contribution in [0.4, 0.5) is 0 Å². The number of nitrogens with one attached hydrogen (secondary N) is 1. The molecule has 1 aliphatic rings. The van der Waals surface area contributed by atoms with E-state index in [1.165, 1.54) is 0 Å². The maximum absolute atomic E-state index is 5.73. The first-order valence-electron chi connectivity index (χ1n) is 6.67. The lowest BCUT2D eigenvalue weighted by atomic mass is 9.64. The quantitative estimate of drug-likeness (QED) is 0.868. The molecule has 4 heteroatoms. The fourth-order valence-electron chi connectivity index (χ4n) is 2.55. The fraction of sp³-hybridized carbons (Fsp3) is 0.714. The zero-order valence-corrected chi connectivity index (χ0v) is 11.7. The summed E-state index contributed by atoms with van der Waals surface area (Å²) >= 11 is 0. The largest absolute Gasteiger partial charge is 0.378 e. The van der Waals surface area contributed by atoms with Crippen LogP contribution in [0.5, 0.6) is 0 Å². The number of hydrogen-bond donors (Lipinski definition) is 1. The highest BCUT2D eigenvalue weighted by Gasteiger charge is 2.48. The van der Waals surface area contributed by atoms with Crippen LogP contribution in [-0.2, 0) is 11.3 Å². The van der Waals surface area contributed by atoms with Gasteiger partial charge in [0.1, 0.15) is 5.82 Å². The van der Waals surface area contributed by atoms with E-state index in [1.54, 1.807) is 0 Å². The molecule has 100 valence electrons. The Labute approximate surface area is 109 Å². The minimum atomic E-state index is 0.206. The van der Waals surface area contributed by atoms with Crippen LogP contribution >= 0.6 is 0 Å². The van der Waals surface area contributed by atoms with Crippen molar-refractivity contribution >= 4 is 0 Å². The van der Waals surface area contributed by atoms with Crippen LogP contribution in [0.15, 0.2) is 12.3 Å². The van der Waals surface area contributed by atoms with E-state index in [0.29, 0.717) is 12.1 Å². The lowest BCUT2D eigenvalue weighted by Gasteiger charge is -2.51. The Balaban J connectivity index is 1.85. The van der Waals surface area contributed by atoms with Crippen LogP contribution < -0.4 is 5.32 Å². The zero-order valence-electron chi connectivity index (χ0n) is 11.7. The van der Waals surface area contributed by atoms with E-state index in [0.717, 1.165) is 31.1 Å². The van der Waals surface area contributed by atoms with Gasteiger partial charge in [-0.05, 0) is 26.3 Å². The van der Waals surface area contributed by atoms with Crippen LogP contribution in [0.2, 0.25) is 0 Å². The SMILES string of the molecule is CCOC1CC(NCc2ccnc(C)n2)C1(C)C. The minimum Gasteiger partial charge on any atom is -0.378 e. The van der Waals surface area contributed by atoms with E-state index in [2.05, 4.69) is 36.1 Å². The third-order valence-electron chi connectivity index (χ3n) is 3.91. The number of rotatable bonds is 5. The van der Waals surface area contributed by atoms with Gasteiger partial charge >= 0.3 is 0 Å². The first-order chi connectivity index (χ1) is 8.54. The molecule has 0 saturated heterocycles. The normalized spacial score (nSPS) is 25.8. The molecule has 1 aromatic heterocycles. The second-order valence-corrected chi connectivity index (χ2v) is 5.53. The summed E-state index contributed by atoms with van der Waals surface area (Å²) in [4.78, 5) is 8.51. The molecule has 0 aromatic carbocycles. The number of hydrogen-bond acceptors (Lipinski definition) is 4. The van der Waals surface area contributed by atoms with Gasteiger partial charge in [-0.3, -0.25) is 0 Å². The van der Waals surface area contributed by atoms with Crippen molar-refractivity contribution in [2.45, 2.75) is 52.8 Å². The van der Waals surface area contributed by atoms with Crippen LogP contribution in [0, 0.1) is 12.3 Å². The fourth-order valence-corrected chi connectivity index (χ4v) is 2.55. The first-order valence-corrected chi connectivity index (χ1v) is 6.67. The highest BCUT2D eigenvalue weighted by molar-refractivity contribution is 5.06. The molecule has 1 saturated carbocycles. The molecule has 1 aliphatic carbocycles. The van der Waals surface area contributed by atoms with Gasteiger partial charge in [-0.2, -0.15) is 0 Å². The first kappa shape index (κ1) is 13.4. The van der Waals surface area contributed by atoms with Gasteiger partial charge < -0.3 is 10.1 Å². The molecule has 4 nitrogen and oxygen atoms in total. The average molecular weight is 249 g/mol. The number of aromatic nitrogens is 2. The summed E-state index contributed by atoms with van der Waals surface area (Å²) in [6.45, 7) is 10.1. The third-order valence-corrected chi connectivity index (χ3v) is 3.91. The predicted octanol–water partition coefficient (Wildman–Crippen LogP) is 2.08.